The number of halogens is 5. The molecule has 0 aliphatic carbocycles. The van der Waals surface area contributed by atoms with Crippen LogP contribution in [0.2, 0.25) is 0 Å². The van der Waals surface area contributed by atoms with Gasteiger partial charge in [0.2, 0.25) is 0 Å². The van der Waals surface area contributed by atoms with E-state index >= 15 is 0 Å². The second kappa shape index (κ2) is 5.83. The molecule has 106 valence electrons. The predicted molar refractivity (Wildman–Crippen MR) is 72.5 cm³/mol. The van der Waals surface area contributed by atoms with Gasteiger partial charge in [-0.25, -0.2) is 17.6 Å². The van der Waals surface area contributed by atoms with Crippen LogP contribution in [0.25, 0.3) is 0 Å². The van der Waals surface area contributed by atoms with Crippen molar-refractivity contribution in [3.8, 4) is 0 Å². The molecule has 1 N–H and O–H groups in total. The van der Waals surface area contributed by atoms with Crippen molar-refractivity contribution in [1.82, 2.24) is 0 Å². The van der Waals surface area contributed by atoms with Crippen LogP contribution < -0.4 is 5.32 Å². The molecule has 6 heteroatoms. The van der Waals surface area contributed by atoms with Gasteiger partial charge in [-0.1, -0.05) is 6.07 Å². The van der Waals surface area contributed by atoms with E-state index in [0.29, 0.717) is 11.6 Å². The molecule has 0 radical (unpaired) electrons. The summed E-state index contributed by atoms with van der Waals surface area (Å²) >= 11 is 3.04. The van der Waals surface area contributed by atoms with Gasteiger partial charge in [-0.15, -0.1) is 0 Å². The summed E-state index contributed by atoms with van der Waals surface area (Å²) in [5.41, 5.74) is 0.359. The van der Waals surface area contributed by atoms with Gasteiger partial charge >= 0.3 is 0 Å². The van der Waals surface area contributed by atoms with Crippen LogP contribution in [0.5, 0.6) is 0 Å². The van der Waals surface area contributed by atoms with Crippen LogP contribution in [0.4, 0.5) is 23.2 Å². The lowest BCUT2D eigenvalue weighted by Crippen LogP contribution is -2.09. The fourth-order valence-corrected chi connectivity index (χ4v) is 2.16. The van der Waals surface area contributed by atoms with Crippen LogP contribution in [0.1, 0.15) is 18.5 Å². The molecular formula is C14H10BrF4N. The first-order chi connectivity index (χ1) is 9.38. The Bertz CT molecular complexity index is 645. The van der Waals surface area contributed by atoms with Crippen molar-refractivity contribution in [3.63, 3.8) is 0 Å². The summed E-state index contributed by atoms with van der Waals surface area (Å²) in [4.78, 5) is 0. The van der Waals surface area contributed by atoms with Crippen molar-refractivity contribution in [3.05, 3.63) is 63.6 Å². The zero-order valence-corrected chi connectivity index (χ0v) is 11.9. The molecule has 2 rings (SSSR count). The number of nitrogens with one attached hydrogen (secondary N) is 1. The van der Waals surface area contributed by atoms with Gasteiger partial charge in [0.15, 0.2) is 11.6 Å². The normalized spacial score (nSPS) is 12.3. The lowest BCUT2D eigenvalue weighted by atomic mass is 10.1. The molecule has 1 atom stereocenters. The van der Waals surface area contributed by atoms with Crippen molar-refractivity contribution in [2.75, 3.05) is 5.32 Å². The third kappa shape index (κ3) is 3.12. The molecule has 1 nitrogen and oxygen atoms in total. The molecule has 0 spiro atoms. The summed E-state index contributed by atoms with van der Waals surface area (Å²) in [5.74, 6) is -3.72. The van der Waals surface area contributed by atoms with E-state index in [-0.39, 0.29) is 10.2 Å². The Labute approximate surface area is 121 Å². The Morgan fingerprint density at radius 1 is 1.00 bits per heavy atom. The van der Waals surface area contributed by atoms with E-state index in [1.807, 2.05) is 0 Å². The van der Waals surface area contributed by atoms with Crippen LogP contribution >= 0.6 is 15.9 Å². The van der Waals surface area contributed by atoms with E-state index < -0.39 is 29.3 Å². The molecule has 0 saturated carbocycles. The van der Waals surface area contributed by atoms with Gasteiger partial charge in [0, 0.05) is 18.2 Å². The molecule has 0 aliphatic rings. The van der Waals surface area contributed by atoms with Gasteiger partial charge in [0.05, 0.1) is 10.2 Å². The quantitative estimate of drug-likeness (QED) is 0.595. The first kappa shape index (κ1) is 14.8. The summed E-state index contributed by atoms with van der Waals surface area (Å²) < 4.78 is 53.1. The molecule has 20 heavy (non-hydrogen) atoms. The first-order valence-corrected chi connectivity index (χ1v) is 6.54. The Balaban J connectivity index is 2.27. The number of hydrogen-bond donors (Lipinski definition) is 1. The fraction of sp³-hybridized carbons (Fsp3) is 0.143. The van der Waals surface area contributed by atoms with Crippen molar-refractivity contribution < 1.29 is 17.6 Å². The number of hydrogen-bond acceptors (Lipinski definition) is 1. The number of rotatable bonds is 3. The van der Waals surface area contributed by atoms with Crippen LogP contribution in [-0.4, -0.2) is 0 Å². The predicted octanol–water partition coefficient (Wildman–Crippen LogP) is 5.18. The SMILES string of the molecule is CC(Nc1cc(F)cc(F)c1F)c1ccc(F)c(Br)c1. The standard InChI is InChI=1S/C14H10BrF4N/c1-7(8-2-3-11(17)10(15)4-8)20-13-6-9(16)5-12(18)14(13)19/h2-7,20H,1H3. The Morgan fingerprint density at radius 3 is 2.35 bits per heavy atom. The highest BCUT2D eigenvalue weighted by molar-refractivity contribution is 9.10. The fourth-order valence-electron chi connectivity index (χ4n) is 1.76. The summed E-state index contributed by atoms with van der Waals surface area (Å²) in [6.45, 7) is 1.67. The highest BCUT2D eigenvalue weighted by Crippen LogP contribution is 2.26. The third-order valence-electron chi connectivity index (χ3n) is 2.81. The molecule has 0 aliphatic heterocycles. The molecule has 1 unspecified atom stereocenters. The van der Waals surface area contributed by atoms with Crippen LogP contribution in [-0.2, 0) is 0 Å². The monoisotopic (exact) mass is 347 g/mol. The average Bonchev–Trinajstić information content (AvgIpc) is 2.38. The maximum Gasteiger partial charge on any atom is 0.182 e. The minimum absolute atomic E-state index is 0.259. The van der Waals surface area contributed by atoms with Crippen molar-refractivity contribution in [1.29, 1.82) is 0 Å². The zero-order valence-electron chi connectivity index (χ0n) is 10.4. The molecule has 0 bridgehead atoms. The Hall–Kier alpha value is -1.56. The van der Waals surface area contributed by atoms with Crippen molar-refractivity contribution >= 4 is 21.6 Å². The third-order valence-corrected chi connectivity index (χ3v) is 3.42. The summed E-state index contributed by atoms with van der Waals surface area (Å²) in [5, 5.41) is 2.66. The van der Waals surface area contributed by atoms with Gasteiger partial charge in [-0.2, -0.15) is 0 Å². The van der Waals surface area contributed by atoms with Crippen molar-refractivity contribution in [2.45, 2.75) is 13.0 Å². The lowest BCUT2D eigenvalue weighted by molar-refractivity contribution is 0.496. The Kier molecular flexibility index (Phi) is 4.32. The van der Waals surface area contributed by atoms with E-state index in [1.165, 1.54) is 18.2 Å². The molecular weight excluding hydrogens is 338 g/mol. The maximum atomic E-state index is 13.5. The zero-order chi connectivity index (χ0) is 14.9. The average molecular weight is 348 g/mol. The van der Waals surface area contributed by atoms with Crippen LogP contribution in [0, 0.1) is 23.3 Å². The lowest BCUT2D eigenvalue weighted by Gasteiger charge is -2.17. The highest BCUT2D eigenvalue weighted by Gasteiger charge is 2.14. The molecule has 2 aromatic carbocycles. The van der Waals surface area contributed by atoms with Crippen LogP contribution in [0.3, 0.4) is 0 Å². The van der Waals surface area contributed by atoms with Gasteiger partial charge < -0.3 is 5.32 Å². The van der Waals surface area contributed by atoms with E-state index in [1.54, 1.807) is 6.92 Å². The number of anilines is 1. The molecule has 0 saturated heterocycles. The highest BCUT2D eigenvalue weighted by atomic mass is 79.9. The molecule has 0 amide bonds. The second-order valence-corrected chi connectivity index (χ2v) is 5.14. The minimum atomic E-state index is -1.26. The van der Waals surface area contributed by atoms with E-state index in [2.05, 4.69) is 21.2 Å². The second-order valence-electron chi connectivity index (χ2n) is 4.29. The van der Waals surface area contributed by atoms with E-state index in [4.69, 9.17) is 0 Å². The minimum Gasteiger partial charge on any atom is -0.376 e. The Morgan fingerprint density at radius 2 is 1.70 bits per heavy atom. The van der Waals surface area contributed by atoms with Crippen LogP contribution in [0.15, 0.2) is 34.8 Å². The largest absolute Gasteiger partial charge is 0.376 e. The smallest absolute Gasteiger partial charge is 0.182 e. The summed E-state index contributed by atoms with van der Waals surface area (Å²) in [7, 11) is 0. The molecule has 0 aromatic heterocycles. The molecule has 0 heterocycles. The van der Waals surface area contributed by atoms with Gasteiger partial charge in [-0.3, -0.25) is 0 Å². The first-order valence-electron chi connectivity index (χ1n) is 5.74. The molecule has 2 aromatic rings. The van der Waals surface area contributed by atoms with E-state index in [0.717, 1.165) is 6.07 Å². The van der Waals surface area contributed by atoms with Gasteiger partial charge in [-0.05, 0) is 40.5 Å². The van der Waals surface area contributed by atoms with E-state index in [9.17, 15) is 17.6 Å². The summed E-state index contributed by atoms with van der Waals surface area (Å²) in [6.07, 6.45) is 0. The number of benzene rings is 2. The topological polar surface area (TPSA) is 12.0 Å². The van der Waals surface area contributed by atoms with Gasteiger partial charge in [0.1, 0.15) is 11.6 Å². The molecule has 0 fully saturated rings. The van der Waals surface area contributed by atoms with Gasteiger partial charge in [0.25, 0.3) is 0 Å². The maximum absolute atomic E-state index is 13.5. The summed E-state index contributed by atoms with van der Waals surface area (Å²) in [6, 6.07) is 5.15. The van der Waals surface area contributed by atoms with Crippen molar-refractivity contribution in [2.24, 2.45) is 0 Å².